The molecule has 0 saturated carbocycles. The molecular formula is C13H16N2O2. The van der Waals surface area contributed by atoms with Crippen molar-refractivity contribution < 1.29 is 9.15 Å². The van der Waals surface area contributed by atoms with E-state index in [1.54, 1.807) is 12.5 Å². The predicted octanol–water partition coefficient (Wildman–Crippen LogP) is 2.73. The number of anilines is 1. The second-order valence-corrected chi connectivity index (χ2v) is 3.54. The van der Waals surface area contributed by atoms with Gasteiger partial charge in [-0.1, -0.05) is 0 Å². The van der Waals surface area contributed by atoms with Crippen LogP contribution in [0.25, 0.3) is 0 Å². The van der Waals surface area contributed by atoms with Gasteiger partial charge in [-0.15, -0.1) is 0 Å². The summed E-state index contributed by atoms with van der Waals surface area (Å²) in [7, 11) is 0. The maximum absolute atomic E-state index is 5.48. The van der Waals surface area contributed by atoms with Gasteiger partial charge in [0.2, 0.25) is 0 Å². The quantitative estimate of drug-likeness (QED) is 0.831. The highest BCUT2D eigenvalue weighted by atomic mass is 16.5. The number of nitrogens with zero attached hydrogens (tertiary/aromatic N) is 1. The second kappa shape index (κ2) is 5.94. The van der Waals surface area contributed by atoms with Gasteiger partial charge in [-0.25, -0.2) is 4.98 Å². The number of furan rings is 1. The van der Waals surface area contributed by atoms with E-state index in [4.69, 9.17) is 9.15 Å². The molecule has 0 aliphatic heterocycles. The average Bonchev–Trinajstić information content (AvgIpc) is 2.85. The van der Waals surface area contributed by atoms with Crippen LogP contribution in [0.15, 0.2) is 41.1 Å². The number of hydrogen-bond donors (Lipinski definition) is 1. The smallest absolute Gasteiger partial charge is 0.168 e. The Morgan fingerprint density at radius 1 is 1.35 bits per heavy atom. The Balaban J connectivity index is 1.89. The molecule has 0 radical (unpaired) electrons. The number of pyridine rings is 1. The molecule has 0 atom stereocenters. The number of hydrogen-bond acceptors (Lipinski definition) is 4. The molecule has 0 unspecified atom stereocenters. The maximum Gasteiger partial charge on any atom is 0.168 e. The minimum Gasteiger partial charge on any atom is -0.490 e. The van der Waals surface area contributed by atoms with Gasteiger partial charge in [0.15, 0.2) is 11.6 Å². The maximum atomic E-state index is 5.48. The molecule has 1 N–H and O–H groups in total. The number of aromatic nitrogens is 1. The highest BCUT2D eigenvalue weighted by Crippen LogP contribution is 2.20. The Kier molecular flexibility index (Phi) is 4.02. The highest BCUT2D eigenvalue weighted by Gasteiger charge is 2.03. The average molecular weight is 232 g/mol. The Morgan fingerprint density at radius 3 is 3.06 bits per heavy atom. The Labute approximate surface area is 101 Å². The summed E-state index contributed by atoms with van der Waals surface area (Å²) >= 11 is 0. The molecule has 2 aromatic rings. The van der Waals surface area contributed by atoms with Gasteiger partial charge in [-0.05, 0) is 31.2 Å². The summed E-state index contributed by atoms with van der Waals surface area (Å²) in [6.07, 6.45) is 4.26. The first-order chi connectivity index (χ1) is 8.40. The lowest BCUT2D eigenvalue weighted by molar-refractivity contribution is 0.340. The first-order valence-corrected chi connectivity index (χ1v) is 5.74. The Morgan fingerprint density at radius 2 is 2.29 bits per heavy atom. The molecule has 0 amide bonds. The van der Waals surface area contributed by atoms with Crippen LogP contribution in [-0.2, 0) is 6.42 Å². The number of ether oxygens (including phenoxy) is 1. The summed E-state index contributed by atoms with van der Waals surface area (Å²) in [6.45, 7) is 3.36. The predicted molar refractivity (Wildman–Crippen MR) is 66.3 cm³/mol. The van der Waals surface area contributed by atoms with Gasteiger partial charge in [0, 0.05) is 19.2 Å². The lowest BCUT2D eigenvalue weighted by Crippen LogP contribution is -2.07. The van der Waals surface area contributed by atoms with Gasteiger partial charge in [-0.2, -0.15) is 0 Å². The van der Waals surface area contributed by atoms with Crippen molar-refractivity contribution in [2.24, 2.45) is 0 Å². The van der Waals surface area contributed by atoms with Crippen molar-refractivity contribution in [3.8, 4) is 5.75 Å². The van der Waals surface area contributed by atoms with Crippen LogP contribution in [0.2, 0.25) is 0 Å². The molecule has 4 nitrogen and oxygen atoms in total. The Bertz CT molecular complexity index is 440. The third-order valence-electron chi connectivity index (χ3n) is 2.31. The first kappa shape index (κ1) is 11.5. The van der Waals surface area contributed by atoms with E-state index >= 15 is 0 Å². The summed E-state index contributed by atoms with van der Waals surface area (Å²) in [6, 6.07) is 7.62. The van der Waals surface area contributed by atoms with E-state index in [-0.39, 0.29) is 0 Å². The molecule has 17 heavy (non-hydrogen) atoms. The second-order valence-electron chi connectivity index (χ2n) is 3.54. The van der Waals surface area contributed by atoms with Crippen LogP contribution in [0.4, 0.5) is 5.82 Å². The standard InChI is InChI=1S/C13H16N2O2/c1-2-16-12-6-3-8-14-13(12)15-9-7-11-5-4-10-17-11/h3-6,8,10H,2,7,9H2,1H3,(H,14,15). The van der Waals surface area contributed by atoms with Gasteiger partial charge in [0.05, 0.1) is 12.9 Å². The molecular weight excluding hydrogens is 216 g/mol. The van der Waals surface area contributed by atoms with Gasteiger partial charge in [-0.3, -0.25) is 0 Å². The fourth-order valence-corrected chi connectivity index (χ4v) is 1.55. The largest absolute Gasteiger partial charge is 0.490 e. The minimum absolute atomic E-state index is 0.637. The van der Waals surface area contributed by atoms with Crippen LogP contribution in [0.1, 0.15) is 12.7 Å². The third-order valence-corrected chi connectivity index (χ3v) is 2.31. The van der Waals surface area contributed by atoms with E-state index in [1.807, 2.05) is 31.2 Å². The highest BCUT2D eigenvalue weighted by molar-refractivity contribution is 5.49. The fourth-order valence-electron chi connectivity index (χ4n) is 1.55. The minimum atomic E-state index is 0.637. The van der Waals surface area contributed by atoms with E-state index < -0.39 is 0 Å². The summed E-state index contributed by atoms with van der Waals surface area (Å²) < 4.78 is 10.7. The summed E-state index contributed by atoms with van der Waals surface area (Å²) in [5.41, 5.74) is 0. The zero-order valence-corrected chi connectivity index (χ0v) is 9.85. The van der Waals surface area contributed by atoms with Crippen LogP contribution in [0, 0.1) is 0 Å². The van der Waals surface area contributed by atoms with Gasteiger partial charge >= 0.3 is 0 Å². The normalized spacial score (nSPS) is 10.2. The number of rotatable bonds is 6. The monoisotopic (exact) mass is 232 g/mol. The van der Waals surface area contributed by atoms with E-state index in [1.165, 1.54) is 0 Å². The van der Waals surface area contributed by atoms with Crippen LogP contribution in [-0.4, -0.2) is 18.1 Å². The molecule has 0 aliphatic carbocycles. The first-order valence-electron chi connectivity index (χ1n) is 5.74. The summed E-state index contributed by atoms with van der Waals surface area (Å²) in [5, 5.41) is 3.24. The van der Waals surface area contributed by atoms with E-state index in [0.717, 1.165) is 30.3 Å². The molecule has 2 heterocycles. The topological polar surface area (TPSA) is 47.3 Å². The summed E-state index contributed by atoms with van der Waals surface area (Å²) in [5.74, 6) is 2.53. The lowest BCUT2D eigenvalue weighted by atomic mass is 10.3. The summed E-state index contributed by atoms with van der Waals surface area (Å²) in [4.78, 5) is 4.25. The molecule has 0 spiro atoms. The number of nitrogens with one attached hydrogen (secondary N) is 1. The van der Waals surface area contributed by atoms with Crippen molar-refractivity contribution in [2.45, 2.75) is 13.3 Å². The van der Waals surface area contributed by atoms with Crippen molar-refractivity contribution in [3.05, 3.63) is 42.5 Å². The van der Waals surface area contributed by atoms with Crippen LogP contribution < -0.4 is 10.1 Å². The van der Waals surface area contributed by atoms with Gasteiger partial charge in [0.1, 0.15) is 5.76 Å². The fraction of sp³-hybridized carbons (Fsp3) is 0.308. The Hall–Kier alpha value is -1.97. The molecule has 4 heteroatoms. The van der Waals surface area contributed by atoms with Crippen molar-refractivity contribution in [3.63, 3.8) is 0 Å². The van der Waals surface area contributed by atoms with E-state index in [2.05, 4.69) is 10.3 Å². The van der Waals surface area contributed by atoms with Crippen molar-refractivity contribution in [1.29, 1.82) is 0 Å². The van der Waals surface area contributed by atoms with Crippen molar-refractivity contribution >= 4 is 5.82 Å². The van der Waals surface area contributed by atoms with Crippen LogP contribution in [0.3, 0.4) is 0 Å². The molecule has 2 rings (SSSR count). The molecule has 2 aromatic heterocycles. The van der Waals surface area contributed by atoms with Crippen LogP contribution >= 0.6 is 0 Å². The van der Waals surface area contributed by atoms with Gasteiger partial charge in [0.25, 0.3) is 0 Å². The lowest BCUT2D eigenvalue weighted by Gasteiger charge is -2.10. The molecule has 0 bridgehead atoms. The zero-order chi connectivity index (χ0) is 11.9. The molecule has 90 valence electrons. The van der Waals surface area contributed by atoms with E-state index in [0.29, 0.717) is 6.61 Å². The third kappa shape index (κ3) is 3.24. The molecule has 0 fully saturated rings. The molecule has 0 saturated heterocycles. The molecule has 0 aliphatic rings. The van der Waals surface area contributed by atoms with Gasteiger partial charge < -0.3 is 14.5 Å². The van der Waals surface area contributed by atoms with Crippen LogP contribution in [0.5, 0.6) is 5.75 Å². The van der Waals surface area contributed by atoms with E-state index in [9.17, 15) is 0 Å². The SMILES string of the molecule is CCOc1cccnc1NCCc1ccco1. The van der Waals surface area contributed by atoms with Crippen molar-refractivity contribution in [2.75, 3.05) is 18.5 Å². The molecule has 0 aromatic carbocycles. The van der Waals surface area contributed by atoms with Crippen molar-refractivity contribution in [1.82, 2.24) is 4.98 Å². The zero-order valence-electron chi connectivity index (χ0n) is 9.85.